The van der Waals surface area contributed by atoms with Crippen LogP contribution in [0.5, 0.6) is 0 Å². The summed E-state index contributed by atoms with van der Waals surface area (Å²) >= 11 is 0. The van der Waals surface area contributed by atoms with Gasteiger partial charge in [0.2, 0.25) is 0 Å². The Morgan fingerprint density at radius 1 is 1.18 bits per heavy atom. The van der Waals surface area contributed by atoms with Crippen LogP contribution in [-0.2, 0) is 0 Å². The lowest BCUT2D eigenvalue weighted by atomic mass is 10.0. The molecule has 2 fully saturated rings. The minimum Gasteiger partial charge on any atom is -0.351 e. The second kappa shape index (κ2) is 12.6. The van der Waals surface area contributed by atoms with Gasteiger partial charge in [0.05, 0.1) is 11.7 Å². The molecule has 0 spiro atoms. The van der Waals surface area contributed by atoms with Gasteiger partial charge in [-0.05, 0) is 78.6 Å². The largest absolute Gasteiger partial charge is 0.351 e. The highest BCUT2D eigenvalue weighted by Crippen LogP contribution is 2.20. The van der Waals surface area contributed by atoms with Crippen LogP contribution in [0.15, 0.2) is 0 Å². The zero-order valence-electron chi connectivity index (χ0n) is 17.2. The zero-order valence-corrected chi connectivity index (χ0v) is 18.8. The third-order valence-corrected chi connectivity index (χ3v) is 5.90. The van der Waals surface area contributed by atoms with E-state index >= 15 is 0 Å². The van der Waals surface area contributed by atoms with Gasteiger partial charge in [-0.3, -0.25) is 4.79 Å². The van der Waals surface area contributed by atoms with E-state index in [-0.39, 0.29) is 30.7 Å². The van der Waals surface area contributed by atoms with Crippen molar-refractivity contribution in [2.24, 2.45) is 0 Å². The Labute approximate surface area is 181 Å². The van der Waals surface area contributed by atoms with E-state index in [0.717, 1.165) is 51.0 Å². The van der Waals surface area contributed by atoms with Crippen LogP contribution in [0.25, 0.3) is 0 Å². The van der Waals surface area contributed by atoms with Crippen molar-refractivity contribution < 1.29 is 4.79 Å². The van der Waals surface area contributed by atoms with Crippen LogP contribution < -0.4 is 10.6 Å². The third-order valence-electron chi connectivity index (χ3n) is 5.90. The van der Waals surface area contributed by atoms with Gasteiger partial charge in [-0.1, -0.05) is 11.6 Å². The van der Waals surface area contributed by atoms with Crippen molar-refractivity contribution in [3.05, 3.63) is 11.4 Å². The van der Waals surface area contributed by atoms with Crippen LogP contribution in [0, 0.1) is 6.92 Å². The quantitative estimate of drug-likeness (QED) is 0.645. The second-order valence-corrected chi connectivity index (χ2v) is 7.79. The number of hydrogen-bond donors (Lipinski definition) is 2. The van der Waals surface area contributed by atoms with E-state index in [1.54, 1.807) is 0 Å². The van der Waals surface area contributed by atoms with Gasteiger partial charge in [0.1, 0.15) is 0 Å². The zero-order chi connectivity index (χ0) is 18.4. The average molecular weight is 435 g/mol. The van der Waals surface area contributed by atoms with Crippen molar-refractivity contribution in [1.29, 1.82) is 0 Å². The molecule has 1 amide bonds. The maximum absolute atomic E-state index is 12.4. The third kappa shape index (κ3) is 6.58. The van der Waals surface area contributed by atoms with Crippen LogP contribution in [0.2, 0.25) is 0 Å². The Bertz CT molecular complexity index is 591. The summed E-state index contributed by atoms with van der Waals surface area (Å²) in [5.41, 5.74) is 1.37. The topological polar surface area (TPSA) is 75.1 Å². The summed E-state index contributed by atoms with van der Waals surface area (Å²) in [6.45, 7) is 9.36. The van der Waals surface area contributed by atoms with Crippen molar-refractivity contribution >= 4 is 30.7 Å². The standard InChI is InChI=1S/C19H34N6O.2ClH/c1-15-7-3-5-13-24(15)14-6-4-10-21-19(26)18-16(2)25(23-22-18)17-8-11-20-12-9-17;;/h15,17,20H,3-14H2,1-2H3,(H,21,26);2*1H. The van der Waals surface area contributed by atoms with Gasteiger partial charge in [0, 0.05) is 12.6 Å². The number of piperidine rings is 2. The van der Waals surface area contributed by atoms with Crippen molar-refractivity contribution in [1.82, 2.24) is 30.5 Å². The molecule has 1 aromatic heterocycles. The summed E-state index contributed by atoms with van der Waals surface area (Å²) in [7, 11) is 0. The molecule has 1 aromatic rings. The highest BCUT2D eigenvalue weighted by Gasteiger charge is 2.22. The number of carbonyl (C=O) groups is 1. The highest BCUT2D eigenvalue weighted by molar-refractivity contribution is 5.93. The van der Waals surface area contributed by atoms with E-state index in [1.165, 1.54) is 25.8 Å². The number of halogens is 2. The SMILES string of the molecule is Cc1c(C(=O)NCCCCN2CCCCC2C)nnn1C1CCNCC1.Cl.Cl. The highest BCUT2D eigenvalue weighted by atomic mass is 35.5. The Morgan fingerprint density at radius 2 is 1.93 bits per heavy atom. The summed E-state index contributed by atoms with van der Waals surface area (Å²) in [6, 6.07) is 1.07. The van der Waals surface area contributed by atoms with E-state index in [4.69, 9.17) is 0 Å². The Balaban J connectivity index is 0.00000196. The first kappa shape index (κ1) is 25.1. The van der Waals surface area contributed by atoms with Gasteiger partial charge in [-0.15, -0.1) is 29.9 Å². The number of nitrogens with zero attached hydrogens (tertiary/aromatic N) is 4. The van der Waals surface area contributed by atoms with Crippen molar-refractivity contribution in [3.8, 4) is 0 Å². The normalized spacial score (nSPS) is 20.9. The van der Waals surface area contributed by atoms with Crippen molar-refractivity contribution in [2.75, 3.05) is 32.7 Å². The Kier molecular flexibility index (Phi) is 11.3. The molecule has 3 heterocycles. The number of nitrogens with one attached hydrogen (secondary N) is 2. The Morgan fingerprint density at radius 3 is 2.64 bits per heavy atom. The summed E-state index contributed by atoms with van der Waals surface area (Å²) in [6.07, 6.45) is 8.24. The molecule has 2 saturated heterocycles. The lowest BCUT2D eigenvalue weighted by molar-refractivity contribution is 0.0945. The summed E-state index contributed by atoms with van der Waals surface area (Å²) in [4.78, 5) is 15.0. The van der Waals surface area contributed by atoms with Crippen LogP contribution in [-0.4, -0.2) is 64.6 Å². The minimum absolute atomic E-state index is 0. The van der Waals surface area contributed by atoms with Gasteiger partial charge in [-0.25, -0.2) is 4.68 Å². The number of hydrogen-bond acceptors (Lipinski definition) is 5. The second-order valence-electron chi connectivity index (χ2n) is 7.79. The van der Waals surface area contributed by atoms with Gasteiger partial charge in [0.15, 0.2) is 5.69 Å². The number of unbranched alkanes of at least 4 members (excludes halogenated alkanes) is 1. The first-order valence-electron chi connectivity index (χ1n) is 10.3. The van der Waals surface area contributed by atoms with E-state index in [9.17, 15) is 4.79 Å². The van der Waals surface area contributed by atoms with Crippen LogP contribution in [0.1, 0.15) is 74.1 Å². The van der Waals surface area contributed by atoms with E-state index in [1.807, 2.05) is 11.6 Å². The molecule has 0 saturated carbocycles. The minimum atomic E-state index is -0.0889. The molecule has 3 rings (SSSR count). The van der Waals surface area contributed by atoms with E-state index < -0.39 is 0 Å². The smallest absolute Gasteiger partial charge is 0.273 e. The molecule has 0 radical (unpaired) electrons. The predicted molar refractivity (Wildman–Crippen MR) is 117 cm³/mol. The molecular weight excluding hydrogens is 399 g/mol. The molecule has 2 N–H and O–H groups in total. The van der Waals surface area contributed by atoms with Gasteiger partial charge < -0.3 is 15.5 Å². The molecule has 0 bridgehead atoms. The molecule has 162 valence electrons. The van der Waals surface area contributed by atoms with Gasteiger partial charge in [0.25, 0.3) is 5.91 Å². The lowest BCUT2D eigenvalue weighted by Gasteiger charge is -2.33. The molecule has 9 heteroatoms. The molecule has 1 unspecified atom stereocenters. The summed E-state index contributed by atoms with van der Waals surface area (Å²) in [5.74, 6) is -0.0889. The molecular formula is C19H36Cl2N6O. The maximum atomic E-state index is 12.4. The number of amides is 1. The number of aromatic nitrogens is 3. The van der Waals surface area contributed by atoms with Crippen LogP contribution in [0.3, 0.4) is 0 Å². The fourth-order valence-electron chi connectivity index (χ4n) is 4.16. The average Bonchev–Trinajstić information content (AvgIpc) is 3.05. The first-order chi connectivity index (χ1) is 12.7. The molecule has 28 heavy (non-hydrogen) atoms. The predicted octanol–water partition coefficient (Wildman–Crippen LogP) is 2.74. The molecule has 0 aliphatic carbocycles. The Hall–Kier alpha value is -0.890. The summed E-state index contributed by atoms with van der Waals surface area (Å²) < 4.78 is 1.94. The number of rotatable bonds is 7. The van der Waals surface area contributed by atoms with Gasteiger partial charge >= 0.3 is 0 Å². The van der Waals surface area contributed by atoms with E-state index in [0.29, 0.717) is 24.3 Å². The fourth-order valence-corrected chi connectivity index (χ4v) is 4.16. The number of carbonyl (C=O) groups excluding carboxylic acids is 1. The van der Waals surface area contributed by atoms with Crippen molar-refractivity contribution in [2.45, 2.75) is 70.9 Å². The lowest BCUT2D eigenvalue weighted by Crippen LogP contribution is -2.38. The maximum Gasteiger partial charge on any atom is 0.273 e. The monoisotopic (exact) mass is 434 g/mol. The molecule has 0 aromatic carbocycles. The number of likely N-dealkylation sites (tertiary alicyclic amines) is 1. The van der Waals surface area contributed by atoms with Crippen LogP contribution >= 0.6 is 24.8 Å². The molecule has 1 atom stereocenters. The van der Waals surface area contributed by atoms with Crippen LogP contribution in [0.4, 0.5) is 0 Å². The fraction of sp³-hybridized carbons (Fsp3) is 0.842. The van der Waals surface area contributed by atoms with Crippen molar-refractivity contribution in [3.63, 3.8) is 0 Å². The van der Waals surface area contributed by atoms with Gasteiger partial charge in [-0.2, -0.15) is 0 Å². The molecule has 2 aliphatic heterocycles. The molecule has 2 aliphatic rings. The summed E-state index contributed by atoms with van der Waals surface area (Å²) in [5, 5.41) is 14.8. The molecule has 7 nitrogen and oxygen atoms in total. The van der Waals surface area contributed by atoms with E-state index in [2.05, 4.69) is 32.8 Å². The first-order valence-corrected chi connectivity index (χ1v) is 10.3.